The van der Waals surface area contributed by atoms with Gasteiger partial charge >= 0.3 is 0 Å². The fourth-order valence-electron chi connectivity index (χ4n) is 4.13. The molecule has 2 aliphatic rings. The summed E-state index contributed by atoms with van der Waals surface area (Å²) in [4.78, 5) is 27.2. The van der Waals surface area contributed by atoms with Crippen molar-refractivity contribution in [2.75, 3.05) is 5.88 Å². The molecule has 1 aromatic rings. The van der Waals surface area contributed by atoms with E-state index in [2.05, 4.69) is 10.5 Å². The van der Waals surface area contributed by atoms with Gasteiger partial charge in [0, 0.05) is 5.92 Å². The third-order valence-electron chi connectivity index (χ3n) is 6.47. The Balaban J connectivity index is 1.55. The Hall–Kier alpha value is -1.99. The first kappa shape index (κ1) is 21.7. The van der Waals surface area contributed by atoms with Crippen LogP contribution in [0.4, 0.5) is 0 Å². The van der Waals surface area contributed by atoms with Gasteiger partial charge in [0.15, 0.2) is 4.32 Å². The number of carbonyl (C=O) groups excluding carboxylic acids is 2. The molecule has 3 rings (SSSR count). The van der Waals surface area contributed by atoms with Crippen molar-refractivity contribution in [3.8, 4) is 0 Å². The number of rotatable bonds is 5. The summed E-state index contributed by atoms with van der Waals surface area (Å²) < 4.78 is 0.431. The van der Waals surface area contributed by atoms with Gasteiger partial charge in [0.25, 0.3) is 0 Å². The second-order valence-corrected chi connectivity index (χ2v) is 10.0. The summed E-state index contributed by atoms with van der Waals surface area (Å²) in [5, 5.41) is 4.25. The van der Waals surface area contributed by atoms with Crippen molar-refractivity contribution in [3.05, 3.63) is 42.0 Å². The van der Waals surface area contributed by atoms with Gasteiger partial charge in [0.1, 0.15) is 0 Å². The second kappa shape index (κ2) is 8.40. The van der Waals surface area contributed by atoms with Gasteiger partial charge in [-0.3, -0.25) is 19.9 Å². The number of carbonyl (C=O) groups is 2. The molecule has 0 aromatic heterocycles. The van der Waals surface area contributed by atoms with Crippen molar-refractivity contribution >= 4 is 51.9 Å². The number of piperidine rings is 1. The number of hydrazone groups is 1. The standard InChI is InChI=1S/C22H27N3O2S2/c1-15(10-11-16-8-6-5-7-9-16)23-24-20(28)29-14-25-18(26)17-12-13-22(4,19(25)27)21(17,2)3/h5-11,17H,12-14H2,1-4H3,(H,24,28)/b11-10+,23-15?/t17-,22+/m1/s1. The van der Waals surface area contributed by atoms with Gasteiger partial charge in [-0.1, -0.05) is 81.2 Å². The maximum absolute atomic E-state index is 13.0. The lowest BCUT2D eigenvalue weighted by molar-refractivity contribution is -0.166. The van der Waals surface area contributed by atoms with Crippen LogP contribution < -0.4 is 5.43 Å². The number of nitrogens with one attached hydrogen (secondary N) is 1. The zero-order valence-electron chi connectivity index (χ0n) is 17.3. The minimum atomic E-state index is -0.488. The molecule has 2 fully saturated rings. The Labute approximate surface area is 182 Å². The summed E-state index contributed by atoms with van der Waals surface area (Å²) in [5.41, 5.74) is 3.91. The first-order chi connectivity index (χ1) is 13.7. The van der Waals surface area contributed by atoms with Gasteiger partial charge in [-0.15, -0.1) is 0 Å². The van der Waals surface area contributed by atoms with Crippen molar-refractivity contribution < 1.29 is 9.59 Å². The van der Waals surface area contributed by atoms with Crippen molar-refractivity contribution in [3.63, 3.8) is 0 Å². The normalized spacial score (nSPS) is 26.3. The van der Waals surface area contributed by atoms with Crippen molar-refractivity contribution in [1.29, 1.82) is 0 Å². The number of amides is 2. The van der Waals surface area contributed by atoms with Crippen molar-refractivity contribution in [1.82, 2.24) is 10.3 Å². The summed E-state index contributed by atoms with van der Waals surface area (Å²) in [5.74, 6) is -0.0337. The van der Waals surface area contributed by atoms with Crippen LogP contribution in [0.15, 0.2) is 41.5 Å². The monoisotopic (exact) mass is 429 g/mol. The molecule has 5 nitrogen and oxygen atoms in total. The fourth-order valence-corrected chi connectivity index (χ4v) is 4.94. The summed E-state index contributed by atoms with van der Waals surface area (Å²) in [6.07, 6.45) is 5.40. The molecular weight excluding hydrogens is 402 g/mol. The second-order valence-electron chi connectivity index (χ2n) is 8.39. The number of likely N-dealkylation sites (tertiary alicyclic amines) is 1. The lowest BCUT2D eigenvalue weighted by Crippen LogP contribution is -2.58. The number of thiocarbonyl (C=S) groups is 1. The molecule has 0 unspecified atom stereocenters. The van der Waals surface area contributed by atoms with Crippen LogP contribution in [-0.4, -0.2) is 32.6 Å². The number of hydrogen-bond acceptors (Lipinski definition) is 5. The topological polar surface area (TPSA) is 61.8 Å². The number of hydrogen-bond donors (Lipinski definition) is 1. The third kappa shape index (κ3) is 4.16. The highest BCUT2D eigenvalue weighted by Crippen LogP contribution is 2.60. The molecule has 1 saturated heterocycles. The summed E-state index contributed by atoms with van der Waals surface area (Å²) in [6, 6.07) is 9.96. The summed E-state index contributed by atoms with van der Waals surface area (Å²) in [7, 11) is 0. The number of fused-ring (bicyclic) bond motifs is 2. The van der Waals surface area contributed by atoms with E-state index in [-0.39, 0.29) is 29.0 Å². The molecule has 0 spiro atoms. The number of benzene rings is 1. The number of thioether (sulfide) groups is 1. The molecular formula is C22H27N3O2S2. The predicted octanol–water partition coefficient (Wildman–Crippen LogP) is 4.45. The van der Waals surface area contributed by atoms with Gasteiger partial charge in [-0.2, -0.15) is 5.10 Å². The Kier molecular flexibility index (Phi) is 6.29. The molecule has 1 aliphatic carbocycles. The van der Waals surface area contributed by atoms with E-state index in [1.807, 2.05) is 70.2 Å². The number of imide groups is 1. The third-order valence-corrected chi connectivity index (χ3v) is 7.66. The van der Waals surface area contributed by atoms with Crippen LogP contribution in [-0.2, 0) is 9.59 Å². The molecule has 154 valence electrons. The van der Waals surface area contributed by atoms with E-state index in [1.54, 1.807) is 0 Å². The van der Waals surface area contributed by atoms with Crippen LogP contribution in [0.2, 0.25) is 0 Å². The first-order valence-corrected chi connectivity index (χ1v) is 11.1. The van der Waals surface area contributed by atoms with Crippen LogP contribution in [0.5, 0.6) is 0 Å². The smallest absolute Gasteiger partial charge is 0.236 e. The van der Waals surface area contributed by atoms with E-state index in [0.717, 1.165) is 24.1 Å². The molecule has 2 bridgehead atoms. The first-order valence-electron chi connectivity index (χ1n) is 9.73. The number of nitrogens with zero attached hydrogens (tertiary/aromatic N) is 2. The highest BCUT2D eigenvalue weighted by Gasteiger charge is 2.64. The van der Waals surface area contributed by atoms with Crippen LogP contribution in [0.1, 0.15) is 46.1 Å². The molecule has 2 atom stereocenters. The molecule has 1 N–H and O–H groups in total. The maximum atomic E-state index is 13.0. The Morgan fingerprint density at radius 1 is 1.31 bits per heavy atom. The fraction of sp³-hybridized carbons (Fsp3) is 0.455. The van der Waals surface area contributed by atoms with Gasteiger partial charge in [-0.25, -0.2) is 0 Å². The minimum Gasteiger partial charge on any atom is -0.274 e. The summed E-state index contributed by atoms with van der Waals surface area (Å²) >= 11 is 6.57. The minimum absolute atomic E-state index is 0.0734. The number of allylic oxidation sites excluding steroid dienone is 1. The molecule has 1 aromatic carbocycles. The maximum Gasteiger partial charge on any atom is 0.236 e. The van der Waals surface area contributed by atoms with Crippen molar-refractivity contribution in [2.45, 2.75) is 40.5 Å². The largest absolute Gasteiger partial charge is 0.274 e. The Morgan fingerprint density at radius 3 is 2.69 bits per heavy atom. The average molecular weight is 430 g/mol. The van der Waals surface area contributed by atoms with Crippen LogP contribution in [0.25, 0.3) is 6.08 Å². The lowest BCUT2D eigenvalue weighted by Gasteiger charge is -2.47. The molecule has 29 heavy (non-hydrogen) atoms. The van der Waals surface area contributed by atoms with Gasteiger partial charge in [0.2, 0.25) is 11.8 Å². The van der Waals surface area contributed by atoms with Gasteiger partial charge in [-0.05, 0) is 36.8 Å². The Bertz CT molecular complexity index is 879. The lowest BCUT2D eigenvalue weighted by atomic mass is 9.62. The zero-order chi connectivity index (χ0) is 21.2. The highest BCUT2D eigenvalue weighted by molar-refractivity contribution is 8.22. The van der Waals surface area contributed by atoms with E-state index in [1.165, 1.54) is 16.7 Å². The van der Waals surface area contributed by atoms with Crippen LogP contribution in [0.3, 0.4) is 0 Å². The SMILES string of the molecule is CC(/C=C/c1ccccc1)=NNC(=S)SCN1C(=O)[C@H]2CC[C@@](C)(C1=O)C2(C)C. The molecule has 7 heteroatoms. The molecule has 1 heterocycles. The van der Waals surface area contributed by atoms with Crippen molar-refractivity contribution in [2.24, 2.45) is 21.8 Å². The quantitative estimate of drug-likeness (QED) is 0.324. The van der Waals surface area contributed by atoms with E-state index < -0.39 is 5.41 Å². The molecule has 2 amide bonds. The van der Waals surface area contributed by atoms with Crippen LogP contribution in [0, 0.1) is 16.7 Å². The van der Waals surface area contributed by atoms with E-state index in [0.29, 0.717) is 4.32 Å². The summed E-state index contributed by atoms with van der Waals surface area (Å²) in [6.45, 7) is 7.94. The zero-order valence-corrected chi connectivity index (χ0v) is 18.9. The van der Waals surface area contributed by atoms with E-state index in [4.69, 9.17) is 12.2 Å². The van der Waals surface area contributed by atoms with E-state index >= 15 is 0 Å². The van der Waals surface area contributed by atoms with E-state index in [9.17, 15) is 9.59 Å². The molecule has 1 aliphatic heterocycles. The molecule has 0 radical (unpaired) electrons. The highest BCUT2D eigenvalue weighted by atomic mass is 32.2. The van der Waals surface area contributed by atoms with Gasteiger partial charge < -0.3 is 0 Å². The van der Waals surface area contributed by atoms with Gasteiger partial charge in [0.05, 0.1) is 17.0 Å². The molecule has 1 saturated carbocycles. The average Bonchev–Trinajstić information content (AvgIpc) is 2.89. The Morgan fingerprint density at radius 2 is 2.00 bits per heavy atom. The predicted molar refractivity (Wildman–Crippen MR) is 123 cm³/mol. The van der Waals surface area contributed by atoms with Crippen LogP contribution >= 0.6 is 24.0 Å².